The van der Waals surface area contributed by atoms with Gasteiger partial charge in [-0.15, -0.1) is 0 Å². The fraction of sp³-hybridized carbons (Fsp3) is 0.0714. The number of hydrogen-bond acceptors (Lipinski definition) is 2. The van der Waals surface area contributed by atoms with Gasteiger partial charge in [0.1, 0.15) is 0 Å². The minimum atomic E-state index is 0.529. The van der Waals surface area contributed by atoms with Crippen LogP contribution >= 0.6 is 55.1 Å². The lowest BCUT2D eigenvalue weighted by Crippen LogP contribution is -1.93. The second kappa shape index (κ2) is 6.94. The van der Waals surface area contributed by atoms with Gasteiger partial charge in [-0.2, -0.15) is 5.10 Å². The third kappa shape index (κ3) is 3.76. The average Bonchev–Trinajstić information content (AvgIpc) is 2.39. The zero-order valence-corrected chi connectivity index (χ0v) is 15.1. The van der Waals surface area contributed by atoms with Gasteiger partial charge >= 0.3 is 0 Å². The highest BCUT2D eigenvalue weighted by Gasteiger charge is 2.04. The summed E-state index contributed by atoms with van der Waals surface area (Å²) in [6, 6.07) is 9.27. The van der Waals surface area contributed by atoms with Gasteiger partial charge in [0, 0.05) is 8.95 Å². The van der Waals surface area contributed by atoms with Crippen LogP contribution in [0.2, 0.25) is 10.0 Å². The highest BCUT2D eigenvalue weighted by molar-refractivity contribution is 9.11. The zero-order chi connectivity index (χ0) is 14.7. The predicted molar refractivity (Wildman–Crippen MR) is 94.3 cm³/mol. The average molecular weight is 437 g/mol. The van der Waals surface area contributed by atoms with Gasteiger partial charge < -0.3 is 0 Å². The molecule has 2 aromatic rings. The normalized spacial score (nSPS) is 11.1. The summed E-state index contributed by atoms with van der Waals surface area (Å²) in [4.78, 5) is 0. The first kappa shape index (κ1) is 15.8. The van der Waals surface area contributed by atoms with E-state index in [4.69, 9.17) is 23.2 Å². The summed E-state index contributed by atoms with van der Waals surface area (Å²) in [5.41, 5.74) is 5.54. The minimum absolute atomic E-state index is 0.529. The van der Waals surface area contributed by atoms with E-state index < -0.39 is 0 Å². The molecule has 0 unspecified atom stereocenters. The Balaban J connectivity index is 2.19. The van der Waals surface area contributed by atoms with E-state index in [-0.39, 0.29) is 0 Å². The molecule has 20 heavy (non-hydrogen) atoms. The lowest BCUT2D eigenvalue weighted by atomic mass is 10.2. The van der Waals surface area contributed by atoms with Crippen LogP contribution in [0.5, 0.6) is 0 Å². The number of hydrogen-bond donors (Lipinski definition) is 1. The predicted octanol–water partition coefficient (Wildman–Crippen LogP) is 6.27. The fourth-order valence-electron chi connectivity index (χ4n) is 1.52. The van der Waals surface area contributed by atoms with E-state index in [1.54, 1.807) is 24.4 Å². The van der Waals surface area contributed by atoms with E-state index >= 15 is 0 Å². The van der Waals surface area contributed by atoms with Crippen molar-refractivity contribution in [2.75, 3.05) is 5.43 Å². The highest BCUT2D eigenvalue weighted by atomic mass is 79.9. The van der Waals surface area contributed by atoms with Crippen LogP contribution < -0.4 is 5.43 Å². The Morgan fingerprint density at radius 1 is 1.10 bits per heavy atom. The van der Waals surface area contributed by atoms with Gasteiger partial charge in [-0.1, -0.05) is 61.1 Å². The summed E-state index contributed by atoms with van der Waals surface area (Å²) in [6.07, 6.45) is 1.70. The summed E-state index contributed by atoms with van der Waals surface area (Å²) < 4.78 is 2.04. The largest absolute Gasteiger partial charge is 0.275 e. The van der Waals surface area contributed by atoms with E-state index in [1.165, 1.54) is 0 Å². The molecule has 0 aliphatic heterocycles. The van der Waals surface area contributed by atoms with Crippen LogP contribution in [0, 0.1) is 6.92 Å². The van der Waals surface area contributed by atoms with Crippen molar-refractivity contribution in [2.24, 2.45) is 5.10 Å². The second-order valence-corrected chi connectivity index (χ2v) is 6.60. The van der Waals surface area contributed by atoms with Crippen molar-refractivity contribution in [3.8, 4) is 0 Å². The number of anilines is 1. The fourth-order valence-corrected chi connectivity index (χ4v) is 3.22. The lowest BCUT2D eigenvalue weighted by Gasteiger charge is -2.06. The molecule has 2 nitrogen and oxygen atoms in total. The molecule has 1 N–H and O–H groups in total. The van der Waals surface area contributed by atoms with Gasteiger partial charge in [0.25, 0.3) is 0 Å². The second-order valence-electron chi connectivity index (χ2n) is 4.08. The minimum Gasteiger partial charge on any atom is -0.275 e. The maximum Gasteiger partial charge on any atom is 0.0934 e. The Morgan fingerprint density at radius 3 is 2.20 bits per heavy atom. The molecule has 6 heteroatoms. The van der Waals surface area contributed by atoms with E-state index in [9.17, 15) is 0 Å². The lowest BCUT2D eigenvalue weighted by molar-refractivity contribution is 1.34. The summed E-state index contributed by atoms with van der Waals surface area (Å²) in [5.74, 6) is 0. The molecule has 0 heterocycles. The SMILES string of the molecule is Cc1c(Br)cc(/C=N\Nc2c(Cl)cccc2Cl)cc1Br. The number of para-hydroxylation sites is 1. The molecule has 0 fully saturated rings. The van der Waals surface area contributed by atoms with Gasteiger partial charge in [0.2, 0.25) is 0 Å². The Labute approximate surface area is 144 Å². The van der Waals surface area contributed by atoms with Crippen LogP contribution in [-0.2, 0) is 0 Å². The van der Waals surface area contributed by atoms with Crippen molar-refractivity contribution in [1.29, 1.82) is 0 Å². The van der Waals surface area contributed by atoms with E-state index in [1.807, 2.05) is 19.1 Å². The maximum atomic E-state index is 6.05. The van der Waals surface area contributed by atoms with Crippen LogP contribution in [0.3, 0.4) is 0 Å². The standard InChI is InChI=1S/C14H10Br2Cl2N2/c1-8-10(15)5-9(6-11(8)16)7-19-20-14-12(17)3-2-4-13(14)18/h2-7,20H,1H3/b19-7-. The molecule has 0 atom stereocenters. The zero-order valence-electron chi connectivity index (χ0n) is 10.4. The third-order valence-electron chi connectivity index (χ3n) is 2.66. The highest BCUT2D eigenvalue weighted by Crippen LogP contribution is 2.30. The molecular weight excluding hydrogens is 427 g/mol. The van der Waals surface area contributed by atoms with Crippen LogP contribution in [0.25, 0.3) is 0 Å². The summed E-state index contributed by atoms with van der Waals surface area (Å²) in [6.45, 7) is 2.02. The molecule has 0 spiro atoms. The summed E-state index contributed by atoms with van der Waals surface area (Å²) in [7, 11) is 0. The smallest absolute Gasteiger partial charge is 0.0934 e. The molecule has 0 aromatic heterocycles. The third-order valence-corrected chi connectivity index (χ3v) is 4.93. The molecular formula is C14H10Br2Cl2N2. The van der Waals surface area contributed by atoms with Crippen molar-refractivity contribution in [3.63, 3.8) is 0 Å². The van der Waals surface area contributed by atoms with Gasteiger partial charge in [-0.3, -0.25) is 5.43 Å². The van der Waals surface area contributed by atoms with Crippen molar-refractivity contribution in [3.05, 3.63) is 60.4 Å². The Kier molecular flexibility index (Phi) is 5.49. The molecule has 2 rings (SSSR count). The first-order valence-corrected chi connectivity index (χ1v) is 8.02. The molecule has 0 amide bonds. The molecule has 0 saturated carbocycles. The number of nitrogens with one attached hydrogen (secondary N) is 1. The van der Waals surface area contributed by atoms with Gasteiger partial charge in [0.15, 0.2) is 0 Å². The van der Waals surface area contributed by atoms with Gasteiger partial charge in [-0.05, 0) is 42.3 Å². The van der Waals surface area contributed by atoms with Crippen LogP contribution in [0.1, 0.15) is 11.1 Å². The van der Waals surface area contributed by atoms with Crippen molar-refractivity contribution < 1.29 is 0 Å². The number of halogens is 4. The Bertz CT molecular complexity index is 629. The van der Waals surface area contributed by atoms with Crippen molar-refractivity contribution in [1.82, 2.24) is 0 Å². The first-order valence-electron chi connectivity index (χ1n) is 5.68. The monoisotopic (exact) mass is 434 g/mol. The van der Waals surface area contributed by atoms with Gasteiger partial charge in [-0.25, -0.2) is 0 Å². The van der Waals surface area contributed by atoms with Crippen LogP contribution in [0.4, 0.5) is 5.69 Å². The number of rotatable bonds is 3. The Hall–Kier alpha value is -0.550. The quantitative estimate of drug-likeness (QED) is 0.445. The molecule has 0 aliphatic rings. The maximum absolute atomic E-state index is 6.05. The Morgan fingerprint density at radius 2 is 1.65 bits per heavy atom. The summed E-state index contributed by atoms with van der Waals surface area (Å²) >= 11 is 19.1. The molecule has 0 radical (unpaired) electrons. The van der Waals surface area contributed by atoms with Crippen molar-refractivity contribution >= 4 is 67.0 Å². The number of benzene rings is 2. The topological polar surface area (TPSA) is 24.4 Å². The van der Waals surface area contributed by atoms with Crippen LogP contribution in [0.15, 0.2) is 44.4 Å². The molecule has 0 saturated heterocycles. The van der Waals surface area contributed by atoms with Crippen LogP contribution in [-0.4, -0.2) is 6.21 Å². The molecule has 104 valence electrons. The van der Waals surface area contributed by atoms with E-state index in [0.717, 1.165) is 20.1 Å². The number of hydrazone groups is 1. The molecule has 0 aliphatic carbocycles. The van der Waals surface area contributed by atoms with Gasteiger partial charge in [0.05, 0.1) is 21.9 Å². The van der Waals surface area contributed by atoms with Crippen molar-refractivity contribution in [2.45, 2.75) is 6.92 Å². The van der Waals surface area contributed by atoms with E-state index in [2.05, 4.69) is 42.4 Å². The summed E-state index contributed by atoms with van der Waals surface area (Å²) in [5, 5.41) is 5.22. The molecule has 2 aromatic carbocycles. The number of nitrogens with zero attached hydrogens (tertiary/aromatic N) is 1. The van der Waals surface area contributed by atoms with E-state index in [0.29, 0.717) is 15.7 Å². The molecule has 0 bridgehead atoms. The first-order chi connectivity index (χ1) is 9.49.